The molecule has 0 spiro atoms. The standard InChI is InChI=1S/C35H35.2ClH.Zr/c1-34(2,3)29-20-28(21-30(23-29)35(4,5)6)33-31(25-15-11-8-12-16-25)18-17-26-19-27(22-32(26)33)24-13-9-7-10-14-24;;;/h7-23H,1-6H3;2*1H;/q-1;;;+2/p-2. The van der Waals surface area contributed by atoms with Crippen LogP contribution in [0, 0.1) is 0 Å². The quantitative estimate of drug-likeness (QED) is 0.177. The summed E-state index contributed by atoms with van der Waals surface area (Å²) in [5.41, 5.74) is 10.6. The van der Waals surface area contributed by atoms with Gasteiger partial charge in [0.25, 0.3) is 0 Å². The van der Waals surface area contributed by atoms with E-state index in [0.717, 1.165) is 0 Å². The first-order valence-electron chi connectivity index (χ1n) is 13.0. The van der Waals surface area contributed by atoms with E-state index < -0.39 is 20.8 Å². The molecule has 0 radical (unpaired) electrons. The normalized spacial score (nSPS) is 11.7. The number of hydrogen-bond acceptors (Lipinski definition) is 0. The summed E-state index contributed by atoms with van der Waals surface area (Å²) >= 11 is -0.826. The van der Waals surface area contributed by atoms with Crippen LogP contribution in [0.4, 0.5) is 0 Å². The molecule has 0 saturated heterocycles. The van der Waals surface area contributed by atoms with Crippen molar-refractivity contribution in [3.63, 3.8) is 0 Å². The van der Waals surface area contributed by atoms with E-state index in [1.807, 2.05) is 0 Å². The van der Waals surface area contributed by atoms with Crippen LogP contribution < -0.4 is 0 Å². The molecule has 0 aliphatic rings. The Morgan fingerprint density at radius 2 is 1.08 bits per heavy atom. The molecule has 5 aromatic rings. The average molecular weight is 618 g/mol. The molecule has 0 fully saturated rings. The van der Waals surface area contributed by atoms with Gasteiger partial charge in [0.2, 0.25) is 0 Å². The van der Waals surface area contributed by atoms with Crippen LogP contribution in [-0.2, 0) is 31.7 Å². The van der Waals surface area contributed by atoms with Crippen LogP contribution >= 0.6 is 17.0 Å². The molecule has 5 rings (SSSR count). The van der Waals surface area contributed by atoms with Crippen molar-refractivity contribution in [3.05, 3.63) is 114 Å². The van der Waals surface area contributed by atoms with Crippen molar-refractivity contribution < 1.29 is 20.8 Å². The Morgan fingerprint density at radius 1 is 0.579 bits per heavy atom. The van der Waals surface area contributed by atoms with Crippen molar-refractivity contribution in [1.82, 2.24) is 0 Å². The Labute approximate surface area is 247 Å². The molecule has 0 unspecified atom stereocenters. The Balaban J connectivity index is 0.00000107. The van der Waals surface area contributed by atoms with Gasteiger partial charge in [-0.1, -0.05) is 132 Å². The summed E-state index contributed by atoms with van der Waals surface area (Å²) in [7, 11) is 9.87. The zero-order chi connectivity index (χ0) is 27.5. The van der Waals surface area contributed by atoms with E-state index in [-0.39, 0.29) is 10.8 Å². The average Bonchev–Trinajstić information content (AvgIpc) is 3.33. The van der Waals surface area contributed by atoms with Crippen LogP contribution in [-0.4, -0.2) is 0 Å². The minimum atomic E-state index is -0.826. The molecule has 0 heterocycles. The van der Waals surface area contributed by atoms with Gasteiger partial charge in [-0.3, -0.25) is 0 Å². The minimum absolute atomic E-state index is 0.0675. The SMILES string of the molecule is CC(C)(C)c1cc(-c2c(-c3ccccc3)ccc3[cH-]c(-c4ccccc4)cc23)cc(C(C)(C)C)c1.[Cl][Zr][Cl]. The zero-order valence-corrected chi connectivity index (χ0v) is 27.0. The third-order valence-corrected chi connectivity index (χ3v) is 7.04. The molecule has 0 saturated carbocycles. The van der Waals surface area contributed by atoms with Crippen molar-refractivity contribution >= 4 is 27.8 Å². The molecule has 0 atom stereocenters. The summed E-state index contributed by atoms with van der Waals surface area (Å²) < 4.78 is 0. The second-order valence-electron chi connectivity index (χ2n) is 11.8. The molecule has 5 aromatic carbocycles. The molecule has 0 aliphatic carbocycles. The van der Waals surface area contributed by atoms with Crippen molar-refractivity contribution in [2.75, 3.05) is 0 Å². The van der Waals surface area contributed by atoms with Crippen LogP contribution in [0.5, 0.6) is 0 Å². The molecule has 3 heteroatoms. The van der Waals surface area contributed by atoms with Gasteiger partial charge in [0.15, 0.2) is 0 Å². The van der Waals surface area contributed by atoms with Gasteiger partial charge in [0, 0.05) is 0 Å². The van der Waals surface area contributed by atoms with Crippen molar-refractivity contribution in [2.45, 2.75) is 52.4 Å². The summed E-state index contributed by atoms with van der Waals surface area (Å²) in [6, 6.07) is 38.1. The Hall–Kier alpha value is -2.05. The molecule has 38 heavy (non-hydrogen) atoms. The second-order valence-corrected chi connectivity index (χ2v) is 15.6. The number of halogens is 2. The van der Waals surface area contributed by atoms with Crippen molar-refractivity contribution in [1.29, 1.82) is 0 Å². The zero-order valence-electron chi connectivity index (χ0n) is 23.1. The molecule has 0 aliphatic heterocycles. The van der Waals surface area contributed by atoms with Gasteiger partial charge in [-0.2, -0.15) is 0 Å². The molecule has 0 aromatic heterocycles. The monoisotopic (exact) mass is 615 g/mol. The van der Waals surface area contributed by atoms with Gasteiger partial charge in [0.05, 0.1) is 0 Å². The third-order valence-electron chi connectivity index (χ3n) is 7.04. The van der Waals surface area contributed by atoms with E-state index in [1.165, 1.54) is 55.3 Å². The van der Waals surface area contributed by atoms with Gasteiger partial charge in [-0.25, -0.2) is 0 Å². The third kappa shape index (κ3) is 6.56. The van der Waals surface area contributed by atoms with Crippen LogP contribution in [0.15, 0.2) is 103 Å². The van der Waals surface area contributed by atoms with E-state index >= 15 is 0 Å². The van der Waals surface area contributed by atoms with Gasteiger partial charge in [-0.15, -0.1) is 34.5 Å². The summed E-state index contributed by atoms with van der Waals surface area (Å²) in [5.74, 6) is 0. The van der Waals surface area contributed by atoms with Gasteiger partial charge in [0.1, 0.15) is 0 Å². The van der Waals surface area contributed by atoms with E-state index in [1.54, 1.807) is 0 Å². The van der Waals surface area contributed by atoms with Gasteiger partial charge < -0.3 is 0 Å². The maximum absolute atomic E-state index is 4.93. The molecule has 194 valence electrons. The van der Waals surface area contributed by atoms with Crippen LogP contribution in [0.3, 0.4) is 0 Å². The first kappa shape index (κ1) is 28.9. The number of hydrogen-bond donors (Lipinski definition) is 0. The van der Waals surface area contributed by atoms with Crippen LogP contribution in [0.1, 0.15) is 52.7 Å². The van der Waals surface area contributed by atoms with Crippen LogP contribution in [0.25, 0.3) is 44.2 Å². The van der Waals surface area contributed by atoms with Crippen molar-refractivity contribution in [3.8, 4) is 33.4 Å². The van der Waals surface area contributed by atoms with Crippen LogP contribution in [0.2, 0.25) is 0 Å². The Kier molecular flexibility index (Phi) is 9.14. The molecule has 0 bridgehead atoms. The first-order chi connectivity index (χ1) is 18.0. The molecule has 0 nitrogen and oxygen atoms in total. The van der Waals surface area contributed by atoms with Gasteiger partial charge in [-0.05, 0) is 44.2 Å². The molecular formula is C35H35Cl2Zr-. The van der Waals surface area contributed by atoms with Crippen molar-refractivity contribution in [2.24, 2.45) is 0 Å². The van der Waals surface area contributed by atoms with E-state index in [9.17, 15) is 0 Å². The topological polar surface area (TPSA) is 0 Å². The molecular weight excluding hydrogens is 583 g/mol. The molecule has 0 N–H and O–H groups in total. The number of rotatable bonds is 3. The summed E-state index contributed by atoms with van der Waals surface area (Å²) in [6.45, 7) is 13.9. The second kappa shape index (κ2) is 12.0. The molecule has 0 amide bonds. The van der Waals surface area contributed by atoms with E-state index in [0.29, 0.717) is 0 Å². The first-order valence-corrected chi connectivity index (χ1v) is 19.3. The Bertz CT molecular complexity index is 1470. The fourth-order valence-electron chi connectivity index (χ4n) is 4.89. The summed E-state index contributed by atoms with van der Waals surface area (Å²) in [5, 5.41) is 2.60. The fraction of sp³-hybridized carbons (Fsp3) is 0.229. The van der Waals surface area contributed by atoms with Gasteiger partial charge >= 0.3 is 37.9 Å². The predicted octanol–water partition coefficient (Wildman–Crippen LogP) is 11.5. The fourth-order valence-corrected chi connectivity index (χ4v) is 4.89. The summed E-state index contributed by atoms with van der Waals surface area (Å²) in [6.07, 6.45) is 0. The maximum atomic E-state index is 4.93. The number of benzene rings is 4. The summed E-state index contributed by atoms with van der Waals surface area (Å²) in [4.78, 5) is 0. The number of fused-ring (bicyclic) bond motifs is 1. The van der Waals surface area contributed by atoms with E-state index in [4.69, 9.17) is 17.0 Å². The Morgan fingerprint density at radius 3 is 1.58 bits per heavy atom. The predicted molar refractivity (Wildman–Crippen MR) is 165 cm³/mol. The van der Waals surface area contributed by atoms with E-state index in [2.05, 4.69) is 145 Å².